The fraction of sp³-hybridized carbons (Fsp3) is 0.667. The van der Waals surface area contributed by atoms with Crippen LogP contribution >= 0.6 is 0 Å². The molecule has 0 amide bonds. The lowest BCUT2D eigenvalue weighted by Gasteiger charge is -2.30. The van der Waals surface area contributed by atoms with Gasteiger partial charge in [-0.2, -0.15) is 0 Å². The summed E-state index contributed by atoms with van der Waals surface area (Å²) < 4.78 is 5.20. The van der Waals surface area contributed by atoms with E-state index in [1.807, 2.05) is 0 Å². The van der Waals surface area contributed by atoms with Crippen molar-refractivity contribution in [1.82, 2.24) is 9.97 Å². The van der Waals surface area contributed by atoms with Gasteiger partial charge in [0.15, 0.2) is 0 Å². The van der Waals surface area contributed by atoms with Crippen molar-refractivity contribution in [2.75, 3.05) is 30.9 Å². The third-order valence-corrected chi connectivity index (χ3v) is 2.86. The van der Waals surface area contributed by atoms with Gasteiger partial charge >= 0.3 is 0 Å². The molecule has 0 aliphatic carbocycles. The second-order valence-electron chi connectivity index (χ2n) is 4.01. The first-order chi connectivity index (χ1) is 8.15. The number of nitrogen functional groups attached to an aromatic ring is 1. The van der Waals surface area contributed by atoms with Gasteiger partial charge in [0.1, 0.15) is 18.0 Å². The van der Waals surface area contributed by atoms with Crippen LogP contribution in [0.1, 0.15) is 26.3 Å². The molecule has 1 aromatic rings. The lowest BCUT2D eigenvalue weighted by Crippen LogP contribution is -2.37. The third-order valence-electron chi connectivity index (χ3n) is 2.86. The van der Waals surface area contributed by atoms with Crippen molar-refractivity contribution in [2.24, 2.45) is 0 Å². The Hall–Kier alpha value is -1.36. The van der Waals surface area contributed by atoms with Crippen LogP contribution in [0.3, 0.4) is 0 Å². The molecule has 0 bridgehead atoms. The van der Waals surface area contributed by atoms with E-state index in [2.05, 4.69) is 35.6 Å². The zero-order valence-electron chi connectivity index (χ0n) is 11.1. The molecule has 1 heterocycles. The Balaban J connectivity index is 3.06. The molecule has 0 radical (unpaired) electrons. The summed E-state index contributed by atoms with van der Waals surface area (Å²) in [5, 5.41) is 0. The minimum absolute atomic E-state index is 0.268. The van der Waals surface area contributed by atoms with Crippen molar-refractivity contribution in [1.29, 1.82) is 0 Å². The summed E-state index contributed by atoms with van der Waals surface area (Å²) in [7, 11) is 1.71. The molecule has 0 saturated carbocycles. The van der Waals surface area contributed by atoms with E-state index >= 15 is 0 Å². The van der Waals surface area contributed by atoms with Gasteiger partial charge in [0.05, 0.1) is 12.6 Å². The molecule has 0 fully saturated rings. The SMILES string of the molecule is CCc1c(N)ncnc1N(CC)C(C)COC. The summed E-state index contributed by atoms with van der Waals surface area (Å²) in [5.41, 5.74) is 6.90. The number of anilines is 2. The quantitative estimate of drug-likeness (QED) is 0.813. The Bertz CT molecular complexity index is 356. The Morgan fingerprint density at radius 2 is 2.12 bits per heavy atom. The summed E-state index contributed by atoms with van der Waals surface area (Å²) in [5.74, 6) is 1.49. The molecule has 0 aliphatic heterocycles. The van der Waals surface area contributed by atoms with Crippen LogP contribution in [0.2, 0.25) is 0 Å². The molecule has 0 saturated heterocycles. The number of nitrogens with zero attached hydrogens (tertiary/aromatic N) is 3. The molecule has 1 aromatic heterocycles. The van der Waals surface area contributed by atoms with Crippen LogP contribution < -0.4 is 10.6 Å². The highest BCUT2D eigenvalue weighted by molar-refractivity contribution is 5.57. The largest absolute Gasteiger partial charge is 0.383 e. The second-order valence-corrected chi connectivity index (χ2v) is 4.01. The maximum Gasteiger partial charge on any atom is 0.137 e. The highest BCUT2D eigenvalue weighted by Crippen LogP contribution is 2.23. The number of hydrogen-bond donors (Lipinski definition) is 1. The Labute approximate surface area is 103 Å². The first-order valence-corrected chi connectivity index (χ1v) is 6.00. The Morgan fingerprint density at radius 3 is 2.65 bits per heavy atom. The normalized spacial score (nSPS) is 12.5. The molecule has 1 atom stereocenters. The minimum Gasteiger partial charge on any atom is -0.383 e. The molecular formula is C12H22N4O. The molecule has 5 heteroatoms. The molecule has 0 spiro atoms. The Kier molecular flexibility index (Phi) is 5.15. The van der Waals surface area contributed by atoms with Gasteiger partial charge in [0.2, 0.25) is 0 Å². The molecule has 1 unspecified atom stereocenters. The van der Waals surface area contributed by atoms with Gasteiger partial charge in [-0.25, -0.2) is 9.97 Å². The number of methoxy groups -OCH3 is 1. The van der Waals surface area contributed by atoms with Gasteiger partial charge in [-0.15, -0.1) is 0 Å². The Morgan fingerprint density at radius 1 is 1.41 bits per heavy atom. The summed E-state index contributed by atoms with van der Waals surface area (Å²) in [6.07, 6.45) is 2.35. The van der Waals surface area contributed by atoms with Crippen LogP contribution in [0.5, 0.6) is 0 Å². The highest BCUT2D eigenvalue weighted by Gasteiger charge is 2.18. The average Bonchev–Trinajstić information content (AvgIpc) is 2.30. The minimum atomic E-state index is 0.268. The van der Waals surface area contributed by atoms with E-state index in [1.54, 1.807) is 7.11 Å². The topological polar surface area (TPSA) is 64.3 Å². The van der Waals surface area contributed by atoms with Crippen molar-refractivity contribution in [3.63, 3.8) is 0 Å². The van der Waals surface area contributed by atoms with Crippen LogP contribution in [-0.4, -0.2) is 36.3 Å². The number of rotatable bonds is 6. The molecule has 96 valence electrons. The number of hydrogen-bond acceptors (Lipinski definition) is 5. The first-order valence-electron chi connectivity index (χ1n) is 6.00. The maximum absolute atomic E-state index is 5.89. The molecule has 0 aliphatic rings. The molecule has 2 N–H and O–H groups in total. The van der Waals surface area contributed by atoms with Gasteiger partial charge in [-0.05, 0) is 20.3 Å². The van der Waals surface area contributed by atoms with Crippen molar-refractivity contribution in [3.05, 3.63) is 11.9 Å². The number of ether oxygens (including phenoxy) is 1. The number of aromatic nitrogens is 2. The van der Waals surface area contributed by atoms with Crippen LogP contribution in [0.15, 0.2) is 6.33 Å². The van der Waals surface area contributed by atoms with Crippen molar-refractivity contribution >= 4 is 11.6 Å². The standard InChI is InChI=1S/C12H22N4O/c1-5-10-11(13)14-8-15-12(10)16(6-2)9(3)7-17-4/h8-9H,5-7H2,1-4H3,(H2,13,14,15). The monoisotopic (exact) mass is 238 g/mol. The van der Waals surface area contributed by atoms with E-state index in [4.69, 9.17) is 10.5 Å². The van der Waals surface area contributed by atoms with E-state index in [1.165, 1.54) is 6.33 Å². The predicted molar refractivity (Wildman–Crippen MR) is 70.2 cm³/mol. The third kappa shape index (κ3) is 3.06. The van der Waals surface area contributed by atoms with Crippen molar-refractivity contribution in [2.45, 2.75) is 33.2 Å². The highest BCUT2D eigenvalue weighted by atomic mass is 16.5. The van der Waals surface area contributed by atoms with Crippen LogP contribution in [0.4, 0.5) is 11.6 Å². The average molecular weight is 238 g/mol. The lowest BCUT2D eigenvalue weighted by molar-refractivity contribution is 0.181. The molecule has 1 rings (SSSR count). The number of nitrogens with two attached hydrogens (primary N) is 1. The summed E-state index contributed by atoms with van der Waals surface area (Å²) >= 11 is 0. The lowest BCUT2D eigenvalue weighted by atomic mass is 10.2. The smallest absolute Gasteiger partial charge is 0.137 e. The second kappa shape index (κ2) is 6.39. The van der Waals surface area contributed by atoms with E-state index < -0.39 is 0 Å². The summed E-state index contributed by atoms with van der Waals surface area (Å²) in [6, 6.07) is 0.268. The summed E-state index contributed by atoms with van der Waals surface area (Å²) in [6.45, 7) is 7.82. The zero-order chi connectivity index (χ0) is 12.8. The van der Waals surface area contributed by atoms with E-state index in [-0.39, 0.29) is 6.04 Å². The molecule has 17 heavy (non-hydrogen) atoms. The molecular weight excluding hydrogens is 216 g/mol. The predicted octanol–water partition coefficient (Wildman–Crippen LogP) is 1.48. The maximum atomic E-state index is 5.89. The van der Waals surface area contributed by atoms with E-state index in [0.29, 0.717) is 12.4 Å². The van der Waals surface area contributed by atoms with Gasteiger partial charge in [0.25, 0.3) is 0 Å². The van der Waals surface area contributed by atoms with Gasteiger partial charge in [-0.3, -0.25) is 0 Å². The van der Waals surface area contributed by atoms with Crippen LogP contribution in [0.25, 0.3) is 0 Å². The molecule has 0 aromatic carbocycles. The fourth-order valence-corrected chi connectivity index (χ4v) is 2.00. The van der Waals surface area contributed by atoms with Crippen LogP contribution in [-0.2, 0) is 11.2 Å². The van der Waals surface area contributed by atoms with Crippen molar-refractivity contribution < 1.29 is 4.74 Å². The van der Waals surface area contributed by atoms with E-state index in [9.17, 15) is 0 Å². The fourth-order valence-electron chi connectivity index (χ4n) is 2.00. The van der Waals surface area contributed by atoms with Gasteiger partial charge in [0, 0.05) is 19.2 Å². The first kappa shape index (κ1) is 13.7. The van der Waals surface area contributed by atoms with E-state index in [0.717, 1.165) is 24.3 Å². The van der Waals surface area contributed by atoms with Gasteiger partial charge in [-0.1, -0.05) is 6.92 Å². The van der Waals surface area contributed by atoms with Crippen LogP contribution in [0, 0.1) is 0 Å². The number of likely N-dealkylation sites (N-methyl/N-ethyl adjacent to an activating group) is 1. The van der Waals surface area contributed by atoms with Crippen molar-refractivity contribution in [3.8, 4) is 0 Å². The zero-order valence-corrected chi connectivity index (χ0v) is 11.1. The summed E-state index contributed by atoms with van der Waals surface area (Å²) in [4.78, 5) is 10.6. The van der Waals surface area contributed by atoms with Gasteiger partial charge < -0.3 is 15.4 Å². The molecule has 5 nitrogen and oxygen atoms in total.